The third kappa shape index (κ3) is 4.33. The number of aromatic nitrogens is 3. The standard InChI is InChI=1S/C20H15F3N4O2S/c1-27-9-14(17(26-27)18(22)23)19(28)24-13-5-6-16-15(8-13)25-20(29-16)30-10-11-3-2-4-12(21)7-11/h2-9,18H,10H2,1H3,(H,24,28). The Hall–Kier alpha value is -3.27. The Morgan fingerprint density at radius 1 is 1.27 bits per heavy atom. The van der Waals surface area contributed by atoms with Crippen molar-refractivity contribution in [3.05, 3.63) is 71.3 Å². The Morgan fingerprint density at radius 2 is 2.10 bits per heavy atom. The van der Waals surface area contributed by atoms with Crippen LogP contribution in [0.3, 0.4) is 0 Å². The number of carbonyl (C=O) groups is 1. The number of nitrogens with one attached hydrogen (secondary N) is 1. The van der Waals surface area contributed by atoms with Gasteiger partial charge in [-0.15, -0.1) is 0 Å². The maximum Gasteiger partial charge on any atom is 0.282 e. The third-order valence-corrected chi connectivity index (χ3v) is 5.09. The molecule has 0 aliphatic carbocycles. The molecule has 0 unspecified atom stereocenters. The number of aryl methyl sites for hydroxylation is 1. The number of halogens is 3. The SMILES string of the molecule is Cn1cc(C(=O)Nc2ccc3oc(SCc4cccc(F)c4)nc3c2)c(C(F)F)n1. The van der Waals surface area contributed by atoms with Crippen LogP contribution in [0.2, 0.25) is 0 Å². The van der Waals surface area contributed by atoms with Gasteiger partial charge in [-0.05, 0) is 35.9 Å². The molecule has 0 aliphatic rings. The van der Waals surface area contributed by atoms with Crippen LogP contribution >= 0.6 is 11.8 Å². The molecular formula is C20H15F3N4O2S. The minimum absolute atomic E-state index is 0.195. The maximum absolute atomic E-state index is 13.3. The number of alkyl halides is 2. The Bertz CT molecular complexity index is 1220. The van der Waals surface area contributed by atoms with Gasteiger partial charge in [-0.1, -0.05) is 23.9 Å². The van der Waals surface area contributed by atoms with Gasteiger partial charge in [0.2, 0.25) is 0 Å². The molecule has 0 atom stereocenters. The van der Waals surface area contributed by atoms with Crippen LogP contribution in [0.5, 0.6) is 0 Å². The first-order chi connectivity index (χ1) is 14.4. The lowest BCUT2D eigenvalue weighted by atomic mass is 10.2. The highest BCUT2D eigenvalue weighted by Crippen LogP contribution is 2.28. The zero-order chi connectivity index (χ0) is 21.3. The van der Waals surface area contributed by atoms with Gasteiger partial charge in [0.25, 0.3) is 17.6 Å². The maximum atomic E-state index is 13.3. The van der Waals surface area contributed by atoms with Gasteiger partial charge >= 0.3 is 0 Å². The number of oxazole rings is 1. The average molecular weight is 432 g/mol. The quantitative estimate of drug-likeness (QED) is 0.425. The van der Waals surface area contributed by atoms with Crippen molar-refractivity contribution >= 4 is 34.5 Å². The molecular weight excluding hydrogens is 417 g/mol. The summed E-state index contributed by atoms with van der Waals surface area (Å²) in [7, 11) is 1.47. The van der Waals surface area contributed by atoms with Crippen molar-refractivity contribution in [2.45, 2.75) is 17.4 Å². The number of anilines is 1. The fourth-order valence-electron chi connectivity index (χ4n) is 2.86. The lowest BCUT2D eigenvalue weighted by Gasteiger charge is -2.04. The van der Waals surface area contributed by atoms with Crippen LogP contribution in [-0.2, 0) is 12.8 Å². The predicted molar refractivity (Wildman–Crippen MR) is 106 cm³/mol. The number of hydrogen-bond donors (Lipinski definition) is 1. The molecule has 4 aromatic rings. The van der Waals surface area contributed by atoms with Crippen LogP contribution in [0.1, 0.15) is 28.0 Å². The van der Waals surface area contributed by atoms with Crippen molar-refractivity contribution in [1.82, 2.24) is 14.8 Å². The Labute approximate surface area is 173 Å². The van der Waals surface area contributed by atoms with Crippen LogP contribution in [0, 0.1) is 5.82 Å². The van der Waals surface area contributed by atoms with Gasteiger partial charge in [0.15, 0.2) is 5.58 Å². The second-order valence-corrected chi connectivity index (χ2v) is 7.36. The summed E-state index contributed by atoms with van der Waals surface area (Å²) in [6.45, 7) is 0. The summed E-state index contributed by atoms with van der Waals surface area (Å²) >= 11 is 1.31. The van der Waals surface area contributed by atoms with Crippen molar-refractivity contribution in [2.24, 2.45) is 7.05 Å². The summed E-state index contributed by atoms with van der Waals surface area (Å²) in [5.74, 6) is -0.525. The van der Waals surface area contributed by atoms with Crippen LogP contribution in [0.25, 0.3) is 11.1 Å². The lowest BCUT2D eigenvalue weighted by Crippen LogP contribution is -2.13. The van der Waals surface area contributed by atoms with E-state index in [0.717, 1.165) is 5.56 Å². The van der Waals surface area contributed by atoms with Crippen molar-refractivity contribution < 1.29 is 22.4 Å². The van der Waals surface area contributed by atoms with Gasteiger partial charge in [0, 0.05) is 24.7 Å². The van der Waals surface area contributed by atoms with E-state index in [-0.39, 0.29) is 11.4 Å². The number of amides is 1. The molecule has 2 aromatic heterocycles. The molecule has 0 saturated heterocycles. The highest BCUT2D eigenvalue weighted by Gasteiger charge is 2.23. The summed E-state index contributed by atoms with van der Waals surface area (Å²) in [6.07, 6.45) is -1.62. The van der Waals surface area contributed by atoms with Gasteiger partial charge < -0.3 is 9.73 Å². The molecule has 0 spiro atoms. The fourth-order valence-corrected chi connectivity index (χ4v) is 3.64. The van der Waals surface area contributed by atoms with Crippen LogP contribution in [-0.4, -0.2) is 20.7 Å². The molecule has 0 fully saturated rings. The molecule has 6 nitrogen and oxygen atoms in total. The van der Waals surface area contributed by atoms with E-state index in [1.165, 1.54) is 41.8 Å². The smallest absolute Gasteiger partial charge is 0.282 e. The highest BCUT2D eigenvalue weighted by atomic mass is 32.2. The second kappa shape index (κ2) is 8.23. The number of hydrogen-bond acceptors (Lipinski definition) is 5. The van der Waals surface area contributed by atoms with E-state index in [1.807, 2.05) is 0 Å². The van der Waals surface area contributed by atoms with E-state index < -0.39 is 18.0 Å². The molecule has 0 bridgehead atoms. The van der Waals surface area contributed by atoms with Gasteiger partial charge in [-0.2, -0.15) is 5.10 Å². The monoisotopic (exact) mass is 432 g/mol. The summed E-state index contributed by atoms with van der Waals surface area (Å²) < 4.78 is 46.2. The molecule has 0 radical (unpaired) electrons. The van der Waals surface area contributed by atoms with Crippen LogP contribution in [0.4, 0.5) is 18.9 Å². The molecule has 2 heterocycles. The van der Waals surface area contributed by atoms with Crippen molar-refractivity contribution in [2.75, 3.05) is 5.32 Å². The van der Waals surface area contributed by atoms with Gasteiger partial charge in [0.1, 0.15) is 17.0 Å². The van der Waals surface area contributed by atoms with E-state index in [1.54, 1.807) is 30.3 Å². The molecule has 10 heteroatoms. The number of carbonyl (C=O) groups excluding carboxylic acids is 1. The zero-order valence-electron chi connectivity index (χ0n) is 15.6. The number of nitrogens with zero attached hydrogens (tertiary/aromatic N) is 3. The molecule has 0 aliphatic heterocycles. The fraction of sp³-hybridized carbons (Fsp3) is 0.150. The van der Waals surface area contributed by atoms with Gasteiger partial charge in [-0.25, -0.2) is 18.2 Å². The number of fused-ring (bicyclic) bond motifs is 1. The van der Waals surface area contributed by atoms with E-state index in [2.05, 4.69) is 15.4 Å². The molecule has 154 valence electrons. The molecule has 2 aromatic carbocycles. The van der Waals surface area contributed by atoms with E-state index in [9.17, 15) is 18.0 Å². The molecule has 0 saturated carbocycles. The normalized spacial score (nSPS) is 11.4. The Balaban J connectivity index is 1.49. The number of rotatable bonds is 6. The third-order valence-electron chi connectivity index (χ3n) is 4.19. The highest BCUT2D eigenvalue weighted by molar-refractivity contribution is 7.98. The second-order valence-electron chi connectivity index (χ2n) is 6.44. The number of thioether (sulfide) groups is 1. The zero-order valence-corrected chi connectivity index (χ0v) is 16.4. The molecule has 4 rings (SSSR count). The molecule has 1 amide bonds. The summed E-state index contributed by atoms with van der Waals surface area (Å²) in [5.41, 5.74) is 1.40. The largest absolute Gasteiger partial charge is 0.431 e. The van der Waals surface area contributed by atoms with E-state index >= 15 is 0 Å². The van der Waals surface area contributed by atoms with Crippen molar-refractivity contribution in [1.29, 1.82) is 0 Å². The predicted octanol–water partition coefficient (Wildman–Crippen LogP) is 5.18. The minimum Gasteiger partial charge on any atom is -0.431 e. The Kier molecular flexibility index (Phi) is 5.49. The topological polar surface area (TPSA) is 73.0 Å². The molecule has 1 N–H and O–H groups in total. The average Bonchev–Trinajstić information content (AvgIpc) is 3.29. The van der Waals surface area contributed by atoms with E-state index in [4.69, 9.17) is 4.42 Å². The summed E-state index contributed by atoms with van der Waals surface area (Å²) in [5, 5.41) is 6.60. The summed E-state index contributed by atoms with van der Waals surface area (Å²) in [4.78, 5) is 16.8. The van der Waals surface area contributed by atoms with Gasteiger partial charge in [-0.3, -0.25) is 9.48 Å². The summed E-state index contributed by atoms with van der Waals surface area (Å²) in [6, 6.07) is 11.1. The number of benzene rings is 2. The molecule has 30 heavy (non-hydrogen) atoms. The van der Waals surface area contributed by atoms with Crippen LogP contribution in [0.15, 0.2) is 58.3 Å². The van der Waals surface area contributed by atoms with Crippen LogP contribution < -0.4 is 5.32 Å². The lowest BCUT2D eigenvalue weighted by molar-refractivity contribution is 0.101. The Morgan fingerprint density at radius 3 is 2.87 bits per heavy atom. The first kappa shape index (κ1) is 20.0. The minimum atomic E-state index is -2.86. The van der Waals surface area contributed by atoms with Crippen molar-refractivity contribution in [3.8, 4) is 0 Å². The first-order valence-corrected chi connectivity index (χ1v) is 9.78. The first-order valence-electron chi connectivity index (χ1n) is 8.80. The van der Waals surface area contributed by atoms with Crippen molar-refractivity contribution in [3.63, 3.8) is 0 Å². The van der Waals surface area contributed by atoms with E-state index in [0.29, 0.717) is 27.8 Å². The van der Waals surface area contributed by atoms with Gasteiger partial charge in [0.05, 0.1) is 5.56 Å².